The molecule has 0 aromatic carbocycles. The van der Waals surface area contributed by atoms with Crippen molar-refractivity contribution in [2.45, 2.75) is 19.8 Å². The van der Waals surface area contributed by atoms with Gasteiger partial charge in [-0.25, -0.2) is 0 Å². The van der Waals surface area contributed by atoms with E-state index in [1.54, 1.807) is 0 Å². The monoisotopic (exact) mass is 185 g/mol. The number of quaternary nitrogens is 1. The van der Waals surface area contributed by atoms with Crippen LogP contribution in [0.1, 0.15) is 19.8 Å². The summed E-state index contributed by atoms with van der Waals surface area (Å²) in [6, 6.07) is 0. The summed E-state index contributed by atoms with van der Waals surface area (Å²) in [5.74, 6) is 0.307. The Morgan fingerprint density at radius 3 is 2.62 bits per heavy atom. The topological polar surface area (TPSA) is 20.3 Å². The first-order chi connectivity index (χ1) is 6.05. The van der Waals surface area contributed by atoms with E-state index >= 15 is 0 Å². The maximum Gasteiger partial charge on any atom is 0.222 e. The molecule has 1 rings (SSSR count). The summed E-state index contributed by atoms with van der Waals surface area (Å²) < 4.78 is 1.05. The minimum atomic E-state index is 0.307. The Labute approximate surface area is 80.9 Å². The zero-order chi connectivity index (χ0) is 9.90. The minimum absolute atomic E-state index is 0.307. The van der Waals surface area contributed by atoms with Crippen molar-refractivity contribution in [1.29, 1.82) is 0 Å². The van der Waals surface area contributed by atoms with Gasteiger partial charge in [-0.1, -0.05) is 6.92 Å². The molecule has 1 aliphatic rings. The predicted molar refractivity (Wildman–Crippen MR) is 53.3 cm³/mol. The number of rotatable bonds is 1. The molecule has 3 nitrogen and oxygen atoms in total. The average Bonchev–Trinajstić information content (AvgIpc) is 2.25. The smallest absolute Gasteiger partial charge is 0.222 e. The number of hydrogen-bond acceptors (Lipinski definition) is 1. The lowest BCUT2D eigenvalue weighted by Crippen LogP contribution is -2.43. The number of likely N-dealkylation sites (N-methyl/N-ethyl adjacent to an activating group) is 1. The van der Waals surface area contributed by atoms with Crippen LogP contribution in [-0.2, 0) is 4.79 Å². The Morgan fingerprint density at radius 1 is 1.31 bits per heavy atom. The molecule has 0 spiro atoms. The van der Waals surface area contributed by atoms with Gasteiger partial charge in [0.25, 0.3) is 0 Å². The molecule has 13 heavy (non-hydrogen) atoms. The number of carbonyl (C=O) groups is 1. The van der Waals surface area contributed by atoms with Gasteiger partial charge in [-0.2, -0.15) is 0 Å². The van der Waals surface area contributed by atoms with Crippen molar-refractivity contribution in [3.63, 3.8) is 0 Å². The first-order valence-electron chi connectivity index (χ1n) is 5.15. The molecule has 0 atom stereocenters. The summed E-state index contributed by atoms with van der Waals surface area (Å²) in [5.41, 5.74) is 0. The lowest BCUT2D eigenvalue weighted by molar-refractivity contribution is -0.888. The molecule has 76 valence electrons. The average molecular weight is 185 g/mol. The molecule has 1 aliphatic heterocycles. The fourth-order valence-electron chi connectivity index (χ4n) is 1.78. The van der Waals surface area contributed by atoms with Crippen LogP contribution in [0.4, 0.5) is 0 Å². The number of carbonyl (C=O) groups excluding carboxylic acids is 1. The number of amides is 1. The van der Waals surface area contributed by atoms with Crippen LogP contribution in [0, 0.1) is 0 Å². The molecule has 0 aliphatic carbocycles. The van der Waals surface area contributed by atoms with E-state index in [9.17, 15) is 4.79 Å². The van der Waals surface area contributed by atoms with Crippen molar-refractivity contribution in [2.24, 2.45) is 0 Å². The molecule has 3 heteroatoms. The number of hydrogen-bond donors (Lipinski definition) is 0. The van der Waals surface area contributed by atoms with Crippen LogP contribution in [0.15, 0.2) is 0 Å². The van der Waals surface area contributed by atoms with Crippen molar-refractivity contribution < 1.29 is 9.28 Å². The highest BCUT2D eigenvalue weighted by Gasteiger charge is 2.23. The SMILES string of the molecule is CCC(=O)N1CCC[N+](C)(C)CC1. The van der Waals surface area contributed by atoms with E-state index < -0.39 is 0 Å². The molecule has 0 aromatic heterocycles. The summed E-state index contributed by atoms with van der Waals surface area (Å²) in [6.45, 7) is 6.10. The highest BCUT2D eigenvalue weighted by molar-refractivity contribution is 5.75. The maximum absolute atomic E-state index is 11.4. The highest BCUT2D eigenvalue weighted by atomic mass is 16.2. The fourth-order valence-corrected chi connectivity index (χ4v) is 1.78. The molecular formula is C10H21N2O+. The summed E-state index contributed by atoms with van der Waals surface area (Å²) in [5, 5.41) is 0. The van der Waals surface area contributed by atoms with Gasteiger partial charge in [0.2, 0.25) is 5.91 Å². The zero-order valence-corrected chi connectivity index (χ0v) is 9.05. The predicted octanol–water partition coefficient (Wildman–Crippen LogP) is 0.705. The molecule has 0 bridgehead atoms. The second kappa shape index (κ2) is 4.09. The molecule has 0 saturated carbocycles. The van der Waals surface area contributed by atoms with E-state index in [-0.39, 0.29) is 0 Å². The van der Waals surface area contributed by atoms with Crippen LogP contribution in [0.5, 0.6) is 0 Å². The quantitative estimate of drug-likeness (QED) is 0.551. The summed E-state index contributed by atoms with van der Waals surface area (Å²) >= 11 is 0. The molecule has 0 aromatic rings. The minimum Gasteiger partial charge on any atom is -0.337 e. The highest BCUT2D eigenvalue weighted by Crippen LogP contribution is 2.08. The molecule has 1 heterocycles. The molecule has 1 saturated heterocycles. The first-order valence-corrected chi connectivity index (χ1v) is 5.15. The van der Waals surface area contributed by atoms with Crippen LogP contribution in [0.25, 0.3) is 0 Å². The van der Waals surface area contributed by atoms with E-state index in [2.05, 4.69) is 14.1 Å². The van der Waals surface area contributed by atoms with Crippen molar-refractivity contribution in [3.8, 4) is 0 Å². The van der Waals surface area contributed by atoms with E-state index in [0.717, 1.165) is 30.5 Å². The van der Waals surface area contributed by atoms with Crippen molar-refractivity contribution in [3.05, 3.63) is 0 Å². The van der Waals surface area contributed by atoms with E-state index in [1.807, 2.05) is 11.8 Å². The summed E-state index contributed by atoms with van der Waals surface area (Å²) in [6.07, 6.45) is 1.78. The maximum atomic E-state index is 11.4. The van der Waals surface area contributed by atoms with Crippen molar-refractivity contribution in [1.82, 2.24) is 4.90 Å². The van der Waals surface area contributed by atoms with Gasteiger partial charge < -0.3 is 9.38 Å². The Bertz CT molecular complexity index is 189. The second-order valence-electron chi connectivity index (χ2n) is 4.47. The third-order valence-corrected chi connectivity index (χ3v) is 2.82. The molecule has 0 radical (unpaired) electrons. The molecule has 1 amide bonds. The molecule has 1 fully saturated rings. The Morgan fingerprint density at radius 2 is 2.00 bits per heavy atom. The first kappa shape index (κ1) is 10.5. The van der Waals surface area contributed by atoms with E-state index in [0.29, 0.717) is 12.3 Å². The lowest BCUT2D eigenvalue weighted by atomic mass is 10.3. The van der Waals surface area contributed by atoms with Crippen LogP contribution in [-0.4, -0.2) is 55.6 Å². The van der Waals surface area contributed by atoms with E-state index in [4.69, 9.17) is 0 Å². The van der Waals surface area contributed by atoms with Gasteiger partial charge in [0.05, 0.1) is 33.7 Å². The lowest BCUT2D eigenvalue weighted by Gasteiger charge is -2.27. The van der Waals surface area contributed by atoms with Gasteiger partial charge in [0, 0.05) is 19.4 Å². The zero-order valence-electron chi connectivity index (χ0n) is 9.05. The Hall–Kier alpha value is -0.570. The fraction of sp³-hybridized carbons (Fsp3) is 0.900. The van der Waals surface area contributed by atoms with E-state index in [1.165, 1.54) is 6.54 Å². The van der Waals surface area contributed by atoms with Crippen LogP contribution in [0.3, 0.4) is 0 Å². The summed E-state index contributed by atoms with van der Waals surface area (Å²) in [4.78, 5) is 13.5. The molecule has 0 N–H and O–H groups in total. The molecular weight excluding hydrogens is 164 g/mol. The van der Waals surface area contributed by atoms with Crippen LogP contribution >= 0.6 is 0 Å². The van der Waals surface area contributed by atoms with Gasteiger partial charge in [-0.05, 0) is 0 Å². The standard InChI is InChI=1S/C10H21N2O/c1-4-10(13)11-6-5-8-12(2,3)9-7-11/h4-9H2,1-3H3/q+1. The van der Waals surface area contributed by atoms with Gasteiger partial charge in [-0.15, -0.1) is 0 Å². The third-order valence-electron chi connectivity index (χ3n) is 2.82. The normalized spacial score (nSPS) is 22.5. The van der Waals surface area contributed by atoms with Gasteiger partial charge in [0.15, 0.2) is 0 Å². The number of nitrogens with zero attached hydrogens (tertiary/aromatic N) is 2. The largest absolute Gasteiger partial charge is 0.337 e. The van der Waals surface area contributed by atoms with Gasteiger partial charge >= 0.3 is 0 Å². The molecule has 0 unspecified atom stereocenters. The van der Waals surface area contributed by atoms with Crippen molar-refractivity contribution >= 4 is 5.91 Å². The van der Waals surface area contributed by atoms with Crippen LogP contribution < -0.4 is 0 Å². The third kappa shape index (κ3) is 2.99. The summed E-state index contributed by atoms with van der Waals surface area (Å²) in [7, 11) is 4.47. The van der Waals surface area contributed by atoms with Gasteiger partial charge in [-0.3, -0.25) is 4.79 Å². The Balaban J connectivity index is 2.49. The second-order valence-corrected chi connectivity index (χ2v) is 4.47. The van der Waals surface area contributed by atoms with Crippen LogP contribution in [0.2, 0.25) is 0 Å². The van der Waals surface area contributed by atoms with Gasteiger partial charge in [0.1, 0.15) is 0 Å². The van der Waals surface area contributed by atoms with Crippen molar-refractivity contribution in [2.75, 3.05) is 40.3 Å². The Kier molecular flexibility index (Phi) is 3.31.